The van der Waals surface area contributed by atoms with Crippen LogP contribution >= 0.6 is 0 Å². The first kappa shape index (κ1) is 23.6. The SMILES string of the molecule is CCOC(=O)c1c(-c2cc3ccccc3nc2Oc2ccc(F)c(F)c2C)[nH]c(C)c(C#N)c1=O. The standard InChI is InChI=1S/C26H19F2N3O4/c1-4-34-26(33)21-23(30-14(3)17(12-29)24(21)32)16-11-15-7-5-6-8-19(15)31-25(16)35-20-10-9-18(27)22(28)13(20)2/h5-11H,4H2,1-3H3,(H,30,32). The fourth-order valence-corrected chi connectivity index (χ4v) is 3.66. The van der Waals surface area contributed by atoms with Crippen molar-refractivity contribution >= 4 is 16.9 Å². The Balaban J connectivity index is 2.05. The molecule has 1 N–H and O–H groups in total. The monoisotopic (exact) mass is 475 g/mol. The van der Waals surface area contributed by atoms with E-state index in [4.69, 9.17) is 9.47 Å². The molecule has 0 amide bonds. The van der Waals surface area contributed by atoms with Crippen LogP contribution in [0.1, 0.15) is 34.1 Å². The fourth-order valence-electron chi connectivity index (χ4n) is 3.66. The highest BCUT2D eigenvalue weighted by atomic mass is 19.2. The molecule has 0 spiro atoms. The lowest BCUT2D eigenvalue weighted by Crippen LogP contribution is -2.23. The fraction of sp³-hybridized carbons (Fsp3) is 0.154. The van der Waals surface area contributed by atoms with Gasteiger partial charge in [0.05, 0.1) is 23.4 Å². The highest BCUT2D eigenvalue weighted by Gasteiger charge is 2.26. The minimum Gasteiger partial charge on any atom is -0.462 e. The van der Waals surface area contributed by atoms with E-state index in [1.165, 1.54) is 19.9 Å². The summed E-state index contributed by atoms with van der Waals surface area (Å²) in [5, 5.41) is 10.1. The number of benzene rings is 2. The average molecular weight is 475 g/mol. The average Bonchev–Trinajstić information content (AvgIpc) is 2.84. The third-order valence-electron chi connectivity index (χ3n) is 5.44. The van der Waals surface area contributed by atoms with Crippen LogP contribution in [0.5, 0.6) is 11.6 Å². The lowest BCUT2D eigenvalue weighted by molar-refractivity contribution is 0.0525. The van der Waals surface area contributed by atoms with E-state index in [1.807, 2.05) is 6.07 Å². The molecule has 0 fully saturated rings. The molecule has 0 bridgehead atoms. The Bertz CT molecular complexity index is 1590. The molecule has 0 atom stereocenters. The molecule has 0 saturated carbocycles. The highest BCUT2D eigenvalue weighted by Crippen LogP contribution is 2.37. The summed E-state index contributed by atoms with van der Waals surface area (Å²) in [6.07, 6.45) is 0. The lowest BCUT2D eigenvalue weighted by Gasteiger charge is -2.16. The minimum atomic E-state index is -1.07. The number of nitrogens with one attached hydrogen (secondary N) is 1. The van der Waals surface area contributed by atoms with Gasteiger partial charge in [-0.25, -0.2) is 18.6 Å². The molecule has 0 aliphatic heterocycles. The Labute approximate surface area is 198 Å². The van der Waals surface area contributed by atoms with Crippen molar-refractivity contribution in [1.82, 2.24) is 9.97 Å². The van der Waals surface area contributed by atoms with Crippen LogP contribution in [0, 0.1) is 36.8 Å². The second-order valence-corrected chi connectivity index (χ2v) is 7.66. The van der Waals surface area contributed by atoms with Gasteiger partial charge in [-0.2, -0.15) is 5.26 Å². The van der Waals surface area contributed by atoms with E-state index in [9.17, 15) is 23.6 Å². The van der Waals surface area contributed by atoms with Gasteiger partial charge in [0.1, 0.15) is 22.9 Å². The number of pyridine rings is 2. The van der Waals surface area contributed by atoms with Gasteiger partial charge in [-0.1, -0.05) is 18.2 Å². The number of nitriles is 1. The number of aromatic nitrogens is 2. The van der Waals surface area contributed by atoms with Crippen LogP contribution in [0.3, 0.4) is 0 Å². The molecule has 2 aromatic heterocycles. The molecule has 2 heterocycles. The van der Waals surface area contributed by atoms with Crippen molar-refractivity contribution < 1.29 is 23.0 Å². The topological polar surface area (TPSA) is 105 Å². The molecule has 0 radical (unpaired) electrons. The maximum atomic E-state index is 14.2. The number of H-pyrrole nitrogens is 1. The number of hydrogen-bond acceptors (Lipinski definition) is 6. The van der Waals surface area contributed by atoms with Gasteiger partial charge in [-0.3, -0.25) is 4.79 Å². The van der Waals surface area contributed by atoms with E-state index in [0.717, 1.165) is 6.07 Å². The molecule has 0 aliphatic rings. The van der Waals surface area contributed by atoms with E-state index in [-0.39, 0.29) is 46.3 Å². The van der Waals surface area contributed by atoms with Crippen molar-refractivity contribution in [2.24, 2.45) is 0 Å². The minimum absolute atomic E-state index is 0.000848. The Hall–Kier alpha value is -4.58. The Kier molecular flexibility index (Phi) is 6.30. The predicted octanol–water partition coefficient (Wildman–Crippen LogP) is 5.33. The molecule has 9 heteroatoms. The van der Waals surface area contributed by atoms with Crippen molar-refractivity contribution in [2.45, 2.75) is 20.8 Å². The van der Waals surface area contributed by atoms with E-state index in [2.05, 4.69) is 9.97 Å². The van der Waals surface area contributed by atoms with E-state index < -0.39 is 28.6 Å². The van der Waals surface area contributed by atoms with Gasteiger partial charge in [0.15, 0.2) is 11.6 Å². The second kappa shape index (κ2) is 9.35. The number of esters is 1. The summed E-state index contributed by atoms with van der Waals surface area (Å²) in [7, 11) is 0. The smallest absolute Gasteiger partial charge is 0.344 e. The summed E-state index contributed by atoms with van der Waals surface area (Å²) in [6, 6.07) is 12.7. The molecular formula is C26H19F2N3O4. The molecule has 7 nitrogen and oxygen atoms in total. The van der Waals surface area contributed by atoms with Gasteiger partial charge < -0.3 is 14.5 Å². The second-order valence-electron chi connectivity index (χ2n) is 7.66. The number of fused-ring (bicyclic) bond motifs is 1. The van der Waals surface area contributed by atoms with Crippen molar-refractivity contribution in [3.63, 3.8) is 0 Å². The van der Waals surface area contributed by atoms with Crippen LogP contribution < -0.4 is 10.2 Å². The van der Waals surface area contributed by atoms with Gasteiger partial charge in [-0.15, -0.1) is 0 Å². The summed E-state index contributed by atoms with van der Waals surface area (Å²) in [5.74, 6) is -3.09. The molecule has 0 aliphatic carbocycles. The predicted molar refractivity (Wildman–Crippen MR) is 124 cm³/mol. The van der Waals surface area contributed by atoms with Crippen molar-refractivity contribution in [1.29, 1.82) is 5.26 Å². The molecular weight excluding hydrogens is 456 g/mol. The van der Waals surface area contributed by atoms with Gasteiger partial charge in [0.2, 0.25) is 11.3 Å². The number of halogens is 2. The first-order valence-electron chi connectivity index (χ1n) is 10.6. The summed E-state index contributed by atoms with van der Waals surface area (Å²) in [6.45, 7) is 4.46. The van der Waals surface area contributed by atoms with E-state index >= 15 is 0 Å². The summed E-state index contributed by atoms with van der Waals surface area (Å²) in [4.78, 5) is 33.4. The van der Waals surface area contributed by atoms with E-state index in [1.54, 1.807) is 37.3 Å². The van der Waals surface area contributed by atoms with Crippen LogP contribution in [0.2, 0.25) is 0 Å². The number of carbonyl (C=O) groups excluding carboxylic acids is 1. The Morgan fingerprint density at radius 1 is 1.17 bits per heavy atom. The lowest BCUT2D eigenvalue weighted by atomic mass is 10.0. The van der Waals surface area contributed by atoms with Gasteiger partial charge in [-0.05, 0) is 45.0 Å². The van der Waals surface area contributed by atoms with Crippen LogP contribution in [0.15, 0.2) is 47.3 Å². The van der Waals surface area contributed by atoms with Crippen molar-refractivity contribution in [3.8, 4) is 29.0 Å². The third kappa shape index (κ3) is 4.22. The summed E-state index contributed by atoms with van der Waals surface area (Å²) in [5.41, 5.74) is -0.539. The van der Waals surface area contributed by atoms with Crippen LogP contribution in [-0.2, 0) is 4.74 Å². The number of para-hydroxylation sites is 1. The van der Waals surface area contributed by atoms with Gasteiger partial charge >= 0.3 is 5.97 Å². The third-order valence-corrected chi connectivity index (χ3v) is 5.44. The number of ether oxygens (including phenoxy) is 2. The molecule has 35 heavy (non-hydrogen) atoms. The quantitative estimate of drug-likeness (QED) is 0.392. The normalized spacial score (nSPS) is 10.7. The van der Waals surface area contributed by atoms with Crippen molar-refractivity contribution in [3.05, 3.63) is 86.7 Å². The zero-order valence-corrected chi connectivity index (χ0v) is 19.0. The van der Waals surface area contributed by atoms with Crippen LogP contribution in [0.4, 0.5) is 8.78 Å². The van der Waals surface area contributed by atoms with E-state index in [0.29, 0.717) is 10.9 Å². The largest absolute Gasteiger partial charge is 0.462 e. The van der Waals surface area contributed by atoms with Crippen LogP contribution in [-0.4, -0.2) is 22.5 Å². The number of rotatable bonds is 5. The molecule has 4 rings (SSSR count). The molecule has 176 valence electrons. The highest BCUT2D eigenvalue weighted by molar-refractivity contribution is 5.98. The zero-order valence-electron chi connectivity index (χ0n) is 19.0. The summed E-state index contributed by atoms with van der Waals surface area (Å²) < 4.78 is 38.9. The summed E-state index contributed by atoms with van der Waals surface area (Å²) >= 11 is 0. The maximum absolute atomic E-state index is 14.2. The number of carbonyl (C=O) groups is 1. The first-order valence-corrected chi connectivity index (χ1v) is 10.6. The molecule has 2 aromatic carbocycles. The van der Waals surface area contributed by atoms with Gasteiger partial charge in [0.25, 0.3) is 0 Å². The van der Waals surface area contributed by atoms with Crippen LogP contribution in [0.25, 0.3) is 22.2 Å². The Morgan fingerprint density at radius 2 is 1.91 bits per heavy atom. The number of aryl methyl sites for hydroxylation is 1. The zero-order chi connectivity index (χ0) is 25.3. The van der Waals surface area contributed by atoms with Crippen molar-refractivity contribution in [2.75, 3.05) is 6.61 Å². The number of nitrogens with zero attached hydrogens (tertiary/aromatic N) is 2. The molecule has 4 aromatic rings. The maximum Gasteiger partial charge on any atom is 0.344 e. The molecule has 0 unspecified atom stereocenters. The number of hydrogen-bond donors (Lipinski definition) is 1. The van der Waals surface area contributed by atoms with Gasteiger partial charge in [0, 0.05) is 16.6 Å². The molecule has 0 saturated heterocycles. The Morgan fingerprint density at radius 3 is 2.63 bits per heavy atom. The first-order chi connectivity index (χ1) is 16.8. The number of aromatic amines is 1.